The number of amides is 1. The molecule has 2 unspecified atom stereocenters. The van der Waals surface area contributed by atoms with Crippen LogP contribution in [-0.2, 0) is 11.3 Å². The van der Waals surface area contributed by atoms with Crippen LogP contribution in [0.4, 0.5) is 0 Å². The standard InChI is InChI=1S/C20H24N2O/c1-15(12-21-2)20(23)22-13-17-10-6-7-11-18(17)19(14-22)16-8-4-3-5-9-16/h3-11,15,19,21H,12-14H2,1-2H3. The normalized spacial score (nSPS) is 18.3. The number of rotatable bonds is 4. The molecule has 23 heavy (non-hydrogen) atoms. The van der Waals surface area contributed by atoms with Gasteiger partial charge in [0, 0.05) is 31.5 Å². The van der Waals surface area contributed by atoms with Crippen LogP contribution >= 0.6 is 0 Å². The van der Waals surface area contributed by atoms with E-state index in [0.717, 1.165) is 6.54 Å². The molecule has 0 saturated heterocycles. The van der Waals surface area contributed by atoms with Gasteiger partial charge < -0.3 is 10.2 Å². The lowest BCUT2D eigenvalue weighted by molar-refractivity contribution is -0.136. The summed E-state index contributed by atoms with van der Waals surface area (Å²) in [5, 5.41) is 3.10. The first-order valence-electron chi connectivity index (χ1n) is 8.27. The summed E-state index contributed by atoms with van der Waals surface area (Å²) < 4.78 is 0. The van der Waals surface area contributed by atoms with Gasteiger partial charge in [-0.25, -0.2) is 0 Å². The molecule has 0 aromatic heterocycles. The fourth-order valence-corrected chi connectivity index (χ4v) is 3.45. The fraction of sp³-hybridized carbons (Fsp3) is 0.350. The van der Waals surface area contributed by atoms with Crippen molar-refractivity contribution in [3.8, 4) is 0 Å². The molecule has 0 fully saturated rings. The largest absolute Gasteiger partial charge is 0.337 e. The summed E-state index contributed by atoms with van der Waals surface area (Å²) in [5.74, 6) is 0.489. The third-order valence-electron chi connectivity index (χ3n) is 4.64. The maximum atomic E-state index is 12.8. The van der Waals surface area contributed by atoms with Gasteiger partial charge in [0.2, 0.25) is 5.91 Å². The van der Waals surface area contributed by atoms with E-state index in [-0.39, 0.29) is 17.7 Å². The number of hydrogen-bond donors (Lipinski definition) is 1. The summed E-state index contributed by atoms with van der Waals surface area (Å²) in [7, 11) is 1.89. The van der Waals surface area contributed by atoms with Crippen molar-refractivity contribution in [3.63, 3.8) is 0 Å². The van der Waals surface area contributed by atoms with Crippen molar-refractivity contribution in [1.82, 2.24) is 10.2 Å². The van der Waals surface area contributed by atoms with Crippen LogP contribution in [0.15, 0.2) is 54.6 Å². The maximum Gasteiger partial charge on any atom is 0.227 e. The fourth-order valence-electron chi connectivity index (χ4n) is 3.45. The summed E-state index contributed by atoms with van der Waals surface area (Å²) in [6.45, 7) is 4.18. The first-order chi connectivity index (χ1) is 11.2. The van der Waals surface area contributed by atoms with Crippen molar-refractivity contribution in [3.05, 3.63) is 71.3 Å². The van der Waals surface area contributed by atoms with E-state index in [4.69, 9.17) is 0 Å². The minimum Gasteiger partial charge on any atom is -0.337 e. The lowest BCUT2D eigenvalue weighted by atomic mass is 9.84. The molecular formula is C20H24N2O. The number of fused-ring (bicyclic) bond motifs is 1. The van der Waals surface area contributed by atoms with Crippen molar-refractivity contribution < 1.29 is 4.79 Å². The second kappa shape index (κ2) is 6.97. The van der Waals surface area contributed by atoms with Gasteiger partial charge in [-0.3, -0.25) is 4.79 Å². The highest BCUT2D eigenvalue weighted by molar-refractivity contribution is 5.79. The Labute approximate surface area is 138 Å². The highest BCUT2D eigenvalue weighted by atomic mass is 16.2. The second-order valence-electron chi connectivity index (χ2n) is 6.34. The molecule has 1 aliphatic rings. The molecular weight excluding hydrogens is 284 g/mol. The van der Waals surface area contributed by atoms with E-state index >= 15 is 0 Å². The van der Waals surface area contributed by atoms with Crippen LogP contribution in [0.5, 0.6) is 0 Å². The zero-order valence-electron chi connectivity index (χ0n) is 13.8. The molecule has 3 nitrogen and oxygen atoms in total. The monoisotopic (exact) mass is 308 g/mol. The van der Waals surface area contributed by atoms with Crippen LogP contribution in [-0.4, -0.2) is 30.9 Å². The van der Waals surface area contributed by atoms with E-state index in [2.05, 4.69) is 53.8 Å². The summed E-state index contributed by atoms with van der Waals surface area (Å²) in [6.07, 6.45) is 0. The highest BCUT2D eigenvalue weighted by Gasteiger charge is 2.30. The number of carbonyl (C=O) groups is 1. The molecule has 1 N–H and O–H groups in total. The minimum absolute atomic E-state index is 0.00156. The van der Waals surface area contributed by atoms with Crippen molar-refractivity contribution in [2.24, 2.45) is 5.92 Å². The molecule has 3 rings (SSSR count). The van der Waals surface area contributed by atoms with Crippen LogP contribution in [0, 0.1) is 5.92 Å². The van der Waals surface area contributed by atoms with E-state index in [1.165, 1.54) is 16.7 Å². The quantitative estimate of drug-likeness (QED) is 0.941. The number of nitrogens with one attached hydrogen (secondary N) is 1. The third kappa shape index (κ3) is 3.30. The second-order valence-corrected chi connectivity index (χ2v) is 6.34. The van der Waals surface area contributed by atoms with Gasteiger partial charge in [0.1, 0.15) is 0 Å². The van der Waals surface area contributed by atoms with E-state index in [1.54, 1.807) is 0 Å². The highest BCUT2D eigenvalue weighted by Crippen LogP contribution is 2.33. The first-order valence-corrected chi connectivity index (χ1v) is 8.27. The summed E-state index contributed by atoms with van der Waals surface area (Å²) in [6, 6.07) is 19.0. The van der Waals surface area contributed by atoms with Crippen LogP contribution in [0.2, 0.25) is 0 Å². The van der Waals surface area contributed by atoms with Gasteiger partial charge in [-0.1, -0.05) is 61.5 Å². The van der Waals surface area contributed by atoms with Crippen LogP contribution in [0.3, 0.4) is 0 Å². The molecule has 2 atom stereocenters. The molecule has 0 saturated carbocycles. The van der Waals surface area contributed by atoms with E-state index in [1.807, 2.05) is 24.9 Å². The summed E-state index contributed by atoms with van der Waals surface area (Å²) >= 11 is 0. The Morgan fingerprint density at radius 2 is 1.87 bits per heavy atom. The Balaban J connectivity index is 1.92. The predicted octanol–water partition coefficient (Wildman–Crippen LogP) is 3.02. The van der Waals surface area contributed by atoms with Crippen molar-refractivity contribution in [1.29, 1.82) is 0 Å². The molecule has 0 radical (unpaired) electrons. The first kappa shape index (κ1) is 15.8. The Kier molecular flexibility index (Phi) is 4.77. The van der Waals surface area contributed by atoms with E-state index in [9.17, 15) is 4.79 Å². The molecule has 0 aliphatic carbocycles. The molecule has 2 aromatic carbocycles. The number of carbonyl (C=O) groups excluding carboxylic acids is 1. The molecule has 120 valence electrons. The maximum absolute atomic E-state index is 12.8. The van der Waals surface area contributed by atoms with Crippen molar-refractivity contribution in [2.75, 3.05) is 20.1 Å². The number of nitrogens with zero attached hydrogens (tertiary/aromatic N) is 1. The molecule has 3 heteroatoms. The zero-order valence-corrected chi connectivity index (χ0v) is 13.8. The zero-order chi connectivity index (χ0) is 16.2. The van der Waals surface area contributed by atoms with Gasteiger partial charge >= 0.3 is 0 Å². The van der Waals surface area contributed by atoms with Crippen molar-refractivity contribution in [2.45, 2.75) is 19.4 Å². The van der Waals surface area contributed by atoms with E-state index < -0.39 is 0 Å². The van der Waals surface area contributed by atoms with Gasteiger partial charge in [-0.15, -0.1) is 0 Å². The Hall–Kier alpha value is -2.13. The van der Waals surface area contributed by atoms with Crippen LogP contribution < -0.4 is 5.32 Å². The molecule has 1 amide bonds. The summed E-state index contributed by atoms with van der Waals surface area (Å²) in [4.78, 5) is 14.8. The van der Waals surface area contributed by atoms with Gasteiger partial charge in [0.05, 0.1) is 0 Å². The van der Waals surface area contributed by atoms with Gasteiger partial charge in [0.25, 0.3) is 0 Å². The average Bonchev–Trinajstić information content (AvgIpc) is 2.61. The lowest BCUT2D eigenvalue weighted by Crippen LogP contribution is -2.43. The predicted molar refractivity (Wildman–Crippen MR) is 93.2 cm³/mol. The van der Waals surface area contributed by atoms with Gasteiger partial charge in [-0.05, 0) is 23.7 Å². The minimum atomic E-state index is 0.00156. The summed E-state index contributed by atoms with van der Waals surface area (Å²) in [5.41, 5.74) is 3.89. The van der Waals surface area contributed by atoms with Crippen LogP contribution in [0.1, 0.15) is 29.5 Å². The number of hydrogen-bond acceptors (Lipinski definition) is 2. The Morgan fingerprint density at radius 1 is 1.17 bits per heavy atom. The number of benzene rings is 2. The Bertz CT molecular complexity index is 668. The molecule has 2 aromatic rings. The van der Waals surface area contributed by atoms with Gasteiger partial charge in [0.15, 0.2) is 0 Å². The van der Waals surface area contributed by atoms with Crippen molar-refractivity contribution >= 4 is 5.91 Å². The smallest absolute Gasteiger partial charge is 0.227 e. The average molecular weight is 308 g/mol. The SMILES string of the molecule is CNCC(C)C(=O)N1Cc2ccccc2C(c2ccccc2)C1. The lowest BCUT2D eigenvalue weighted by Gasteiger charge is -2.36. The molecule has 1 aliphatic heterocycles. The van der Waals surface area contributed by atoms with E-state index in [0.29, 0.717) is 13.1 Å². The third-order valence-corrected chi connectivity index (χ3v) is 4.64. The van der Waals surface area contributed by atoms with Gasteiger partial charge in [-0.2, -0.15) is 0 Å². The molecule has 0 spiro atoms. The molecule has 0 bridgehead atoms. The molecule has 1 heterocycles. The topological polar surface area (TPSA) is 32.3 Å². The van der Waals surface area contributed by atoms with Crippen LogP contribution in [0.25, 0.3) is 0 Å². The Morgan fingerprint density at radius 3 is 2.61 bits per heavy atom.